The van der Waals surface area contributed by atoms with Crippen molar-refractivity contribution in [3.8, 4) is 55.6 Å². The molecule has 0 aliphatic heterocycles. The summed E-state index contributed by atoms with van der Waals surface area (Å²) in [4.78, 5) is 2.41. The molecule has 0 aliphatic carbocycles. The lowest BCUT2D eigenvalue weighted by Crippen LogP contribution is -2.10. The van der Waals surface area contributed by atoms with Crippen LogP contribution in [0, 0.1) is 0 Å². The van der Waals surface area contributed by atoms with Gasteiger partial charge in [-0.3, -0.25) is 0 Å². The minimum Gasteiger partial charge on any atom is -0.309 e. The summed E-state index contributed by atoms with van der Waals surface area (Å²) in [6.45, 7) is 0. The van der Waals surface area contributed by atoms with Crippen molar-refractivity contribution in [1.29, 1.82) is 0 Å². The number of benzene rings is 10. The maximum Gasteiger partial charge on any atom is 0.0640 e. The molecule has 11 rings (SSSR count). The second-order valence-corrected chi connectivity index (χ2v) is 16.4. The second-order valence-electron chi connectivity index (χ2n) is 15.3. The summed E-state index contributed by atoms with van der Waals surface area (Å²) < 4.78 is 2.58. The lowest BCUT2D eigenvalue weighted by Gasteiger charge is -2.26. The molecule has 0 amide bonds. The lowest BCUT2D eigenvalue weighted by atomic mass is 9.96. The zero-order valence-electron chi connectivity index (χ0n) is 32.9. The third-order valence-corrected chi connectivity index (χ3v) is 12.9. The highest BCUT2D eigenvalue weighted by Gasteiger charge is 2.18. The van der Waals surface area contributed by atoms with Gasteiger partial charge in [0.15, 0.2) is 0 Å². The van der Waals surface area contributed by atoms with Crippen molar-refractivity contribution in [2.24, 2.45) is 0 Å². The Labute approximate surface area is 354 Å². The van der Waals surface area contributed by atoms with Gasteiger partial charge in [0.05, 0.1) is 10.4 Å². The third-order valence-electron chi connectivity index (χ3n) is 11.7. The molecule has 1 nitrogen and oxygen atoms in total. The van der Waals surface area contributed by atoms with Crippen LogP contribution in [0.4, 0.5) is 17.1 Å². The quantitative estimate of drug-likeness (QED) is 0.148. The van der Waals surface area contributed by atoms with E-state index >= 15 is 0 Å². The molecular formula is C58H39NS. The monoisotopic (exact) mass is 781 g/mol. The normalized spacial score (nSPS) is 11.3. The molecule has 0 radical (unpaired) electrons. The molecule has 0 N–H and O–H groups in total. The van der Waals surface area contributed by atoms with Gasteiger partial charge >= 0.3 is 0 Å². The molecule has 60 heavy (non-hydrogen) atoms. The Morgan fingerprint density at radius 2 is 0.683 bits per heavy atom. The van der Waals surface area contributed by atoms with E-state index in [9.17, 15) is 0 Å². The fraction of sp³-hybridized carbons (Fsp3) is 0. The van der Waals surface area contributed by atoms with Crippen LogP contribution in [0.25, 0.3) is 86.6 Å². The fourth-order valence-corrected chi connectivity index (χ4v) is 9.76. The average molecular weight is 782 g/mol. The Bertz CT molecular complexity index is 3290. The van der Waals surface area contributed by atoms with Crippen LogP contribution in [0.15, 0.2) is 237 Å². The summed E-state index contributed by atoms with van der Waals surface area (Å²) in [7, 11) is 0. The van der Waals surface area contributed by atoms with Crippen molar-refractivity contribution in [2.45, 2.75) is 0 Å². The number of nitrogens with zero attached hydrogens (tertiary/aromatic N) is 1. The van der Waals surface area contributed by atoms with Gasteiger partial charge in [-0.2, -0.15) is 0 Å². The summed E-state index contributed by atoms with van der Waals surface area (Å²) in [6, 6.07) is 86.1. The fourth-order valence-electron chi connectivity index (χ4n) is 8.55. The molecule has 0 saturated heterocycles. The van der Waals surface area contributed by atoms with E-state index in [1.165, 1.54) is 92.3 Å². The second kappa shape index (κ2) is 15.3. The average Bonchev–Trinajstić information content (AvgIpc) is 3.72. The summed E-state index contributed by atoms with van der Waals surface area (Å²) in [5.74, 6) is 0. The smallest absolute Gasteiger partial charge is 0.0640 e. The van der Waals surface area contributed by atoms with E-state index in [-0.39, 0.29) is 0 Å². The standard InChI is InChI=1S/C58H39NS/c1-2-11-40(12-3-1)47-15-8-16-48(37-47)45-31-35-53(36-32-45)59(56-21-10-20-55-54-19-6-7-22-57(54)60-58(55)56)52-33-29-43(30-34-52)42-23-25-44(26-24-42)49-17-9-18-50(38-49)51-28-27-41-13-4-5-14-46(41)39-51/h1-39H. The minimum atomic E-state index is 1.12. The van der Waals surface area contributed by atoms with E-state index in [0.717, 1.165) is 11.4 Å². The Hall–Kier alpha value is -7.52. The molecule has 11 aromatic rings. The van der Waals surface area contributed by atoms with Gasteiger partial charge < -0.3 is 4.90 Å². The molecule has 0 fully saturated rings. The molecular weight excluding hydrogens is 743 g/mol. The molecule has 10 aromatic carbocycles. The predicted molar refractivity (Wildman–Crippen MR) is 259 cm³/mol. The highest BCUT2D eigenvalue weighted by molar-refractivity contribution is 7.26. The topological polar surface area (TPSA) is 3.24 Å². The predicted octanol–water partition coefficient (Wildman–Crippen LogP) is 17.0. The first kappa shape index (κ1) is 35.6. The molecule has 0 aliphatic rings. The number of fused-ring (bicyclic) bond motifs is 4. The van der Waals surface area contributed by atoms with Crippen molar-refractivity contribution in [1.82, 2.24) is 0 Å². The van der Waals surface area contributed by atoms with Crippen molar-refractivity contribution < 1.29 is 0 Å². The first-order valence-corrected chi connectivity index (χ1v) is 21.3. The van der Waals surface area contributed by atoms with Crippen LogP contribution in [0.2, 0.25) is 0 Å². The van der Waals surface area contributed by atoms with Gasteiger partial charge in [-0.1, -0.05) is 182 Å². The Morgan fingerprint density at radius 1 is 0.267 bits per heavy atom. The summed E-state index contributed by atoms with van der Waals surface area (Å²) in [5, 5.41) is 5.10. The molecule has 0 unspecified atom stereocenters. The van der Waals surface area contributed by atoms with Gasteiger partial charge in [-0.05, 0) is 121 Å². The maximum absolute atomic E-state index is 2.41. The Kier molecular flexibility index (Phi) is 9.11. The first-order chi connectivity index (χ1) is 29.7. The van der Waals surface area contributed by atoms with Crippen LogP contribution < -0.4 is 4.90 Å². The highest BCUT2D eigenvalue weighted by atomic mass is 32.1. The Balaban J connectivity index is 0.922. The van der Waals surface area contributed by atoms with Gasteiger partial charge in [0, 0.05) is 26.8 Å². The van der Waals surface area contributed by atoms with Crippen LogP contribution in [0.3, 0.4) is 0 Å². The number of thiophene rings is 1. The van der Waals surface area contributed by atoms with Crippen LogP contribution in [-0.4, -0.2) is 0 Å². The third kappa shape index (κ3) is 6.73. The molecule has 0 spiro atoms. The van der Waals surface area contributed by atoms with E-state index in [2.05, 4.69) is 241 Å². The number of rotatable bonds is 8. The zero-order chi connectivity index (χ0) is 39.8. The van der Waals surface area contributed by atoms with Gasteiger partial charge in [0.25, 0.3) is 0 Å². The van der Waals surface area contributed by atoms with Crippen molar-refractivity contribution in [3.63, 3.8) is 0 Å². The molecule has 1 aromatic heterocycles. The minimum absolute atomic E-state index is 1.12. The molecule has 0 atom stereocenters. The largest absolute Gasteiger partial charge is 0.309 e. The SMILES string of the molecule is c1ccc(-c2cccc(-c3ccc(N(c4ccc(-c5ccc(-c6cccc(-c7ccc8ccccc8c7)c6)cc5)cc4)c4cccc5c4sc4ccccc45)cc3)c2)cc1. The van der Waals surface area contributed by atoms with E-state index in [4.69, 9.17) is 0 Å². The van der Waals surface area contributed by atoms with Crippen molar-refractivity contribution in [2.75, 3.05) is 4.90 Å². The van der Waals surface area contributed by atoms with Crippen LogP contribution in [0.5, 0.6) is 0 Å². The molecule has 2 heteroatoms. The van der Waals surface area contributed by atoms with Crippen LogP contribution >= 0.6 is 11.3 Å². The number of hydrogen-bond acceptors (Lipinski definition) is 2. The van der Waals surface area contributed by atoms with E-state index in [1.54, 1.807) is 0 Å². The number of hydrogen-bond donors (Lipinski definition) is 0. The van der Waals surface area contributed by atoms with E-state index < -0.39 is 0 Å². The molecule has 282 valence electrons. The first-order valence-electron chi connectivity index (χ1n) is 20.5. The van der Waals surface area contributed by atoms with Gasteiger partial charge in [-0.15, -0.1) is 11.3 Å². The van der Waals surface area contributed by atoms with Gasteiger partial charge in [0.1, 0.15) is 0 Å². The maximum atomic E-state index is 2.41. The summed E-state index contributed by atoms with van der Waals surface area (Å²) in [5.41, 5.74) is 15.5. The zero-order valence-corrected chi connectivity index (χ0v) is 33.7. The summed E-state index contributed by atoms with van der Waals surface area (Å²) >= 11 is 1.86. The van der Waals surface area contributed by atoms with Crippen molar-refractivity contribution >= 4 is 59.3 Å². The van der Waals surface area contributed by atoms with E-state index in [1.807, 2.05) is 11.3 Å². The molecule has 1 heterocycles. The molecule has 0 bridgehead atoms. The van der Waals surface area contributed by atoms with Crippen LogP contribution in [-0.2, 0) is 0 Å². The van der Waals surface area contributed by atoms with Crippen LogP contribution in [0.1, 0.15) is 0 Å². The highest BCUT2D eigenvalue weighted by Crippen LogP contribution is 2.45. The van der Waals surface area contributed by atoms with E-state index in [0.29, 0.717) is 0 Å². The number of anilines is 3. The van der Waals surface area contributed by atoms with Gasteiger partial charge in [0.2, 0.25) is 0 Å². The van der Waals surface area contributed by atoms with Crippen molar-refractivity contribution in [3.05, 3.63) is 237 Å². The Morgan fingerprint density at radius 3 is 1.32 bits per heavy atom. The van der Waals surface area contributed by atoms with Gasteiger partial charge in [-0.25, -0.2) is 0 Å². The summed E-state index contributed by atoms with van der Waals surface area (Å²) in [6.07, 6.45) is 0. The lowest BCUT2D eigenvalue weighted by molar-refractivity contribution is 1.30. The molecule has 0 saturated carbocycles.